The molecule has 6 nitrogen and oxygen atoms in total. The van der Waals surface area contributed by atoms with Gasteiger partial charge < -0.3 is 10.6 Å². The zero-order valence-electron chi connectivity index (χ0n) is 13.6. The zero-order valence-corrected chi connectivity index (χ0v) is 13.6. The molecular weight excluding hydrogens is 333 g/mol. The Morgan fingerprint density at radius 3 is 2.62 bits per heavy atom. The molecule has 3 rings (SSSR count). The van der Waals surface area contributed by atoms with E-state index in [1.807, 2.05) is 6.07 Å². The Balaban J connectivity index is 1.62. The molecule has 1 heterocycles. The summed E-state index contributed by atoms with van der Waals surface area (Å²) < 4.78 is 13.6. The maximum atomic E-state index is 13.6. The van der Waals surface area contributed by atoms with Crippen LogP contribution in [0.1, 0.15) is 21.5 Å². The van der Waals surface area contributed by atoms with Crippen LogP contribution < -0.4 is 10.6 Å². The summed E-state index contributed by atoms with van der Waals surface area (Å²) in [6.45, 7) is 0.235. The highest BCUT2D eigenvalue weighted by Gasteiger charge is 2.08. The van der Waals surface area contributed by atoms with Crippen molar-refractivity contribution in [1.29, 1.82) is 5.26 Å². The van der Waals surface area contributed by atoms with E-state index in [2.05, 4.69) is 20.6 Å². The molecule has 26 heavy (non-hydrogen) atoms. The lowest BCUT2D eigenvalue weighted by Crippen LogP contribution is -2.13. The van der Waals surface area contributed by atoms with Gasteiger partial charge in [0.25, 0.3) is 5.91 Å². The predicted molar refractivity (Wildman–Crippen MR) is 94.9 cm³/mol. The fourth-order valence-corrected chi connectivity index (χ4v) is 2.22. The first-order valence-electron chi connectivity index (χ1n) is 7.76. The summed E-state index contributed by atoms with van der Waals surface area (Å²) in [5.41, 5.74) is 1.72. The second kappa shape index (κ2) is 7.85. The van der Waals surface area contributed by atoms with Crippen molar-refractivity contribution in [2.24, 2.45) is 0 Å². The maximum Gasteiger partial charge on any atom is 0.258 e. The van der Waals surface area contributed by atoms with Gasteiger partial charge in [0.05, 0.1) is 17.2 Å². The first-order chi connectivity index (χ1) is 12.7. The van der Waals surface area contributed by atoms with Crippen LogP contribution in [0.25, 0.3) is 0 Å². The molecule has 0 spiro atoms. The Bertz CT molecular complexity index is 966. The van der Waals surface area contributed by atoms with Gasteiger partial charge >= 0.3 is 0 Å². The third-order valence-corrected chi connectivity index (χ3v) is 3.56. The van der Waals surface area contributed by atoms with Crippen LogP contribution in [-0.4, -0.2) is 15.9 Å². The standard InChI is InChI=1S/C19H14FN5O/c20-17-7-2-1-5-14(17)10-22-19-23-11-15(12-24-19)18(26)25-16-6-3-4-13(8-16)9-21/h1-8,11-12H,10H2,(H,25,26)(H,22,23,24). The first kappa shape index (κ1) is 17.0. The number of nitrogens with one attached hydrogen (secondary N) is 2. The van der Waals surface area contributed by atoms with Crippen molar-refractivity contribution >= 4 is 17.5 Å². The fourth-order valence-electron chi connectivity index (χ4n) is 2.22. The number of nitrogens with zero attached hydrogens (tertiary/aromatic N) is 3. The van der Waals surface area contributed by atoms with E-state index < -0.39 is 0 Å². The molecular formula is C19H14FN5O. The number of hydrogen-bond acceptors (Lipinski definition) is 5. The molecule has 0 saturated carbocycles. The van der Waals surface area contributed by atoms with Crippen molar-refractivity contribution in [2.75, 3.05) is 10.6 Å². The number of aromatic nitrogens is 2. The predicted octanol–water partition coefficient (Wildman–Crippen LogP) is 3.35. The molecule has 0 aliphatic rings. The van der Waals surface area contributed by atoms with Crippen LogP contribution in [0.5, 0.6) is 0 Å². The van der Waals surface area contributed by atoms with Crippen LogP contribution in [0.15, 0.2) is 60.9 Å². The molecule has 128 valence electrons. The number of nitriles is 1. The number of carbonyl (C=O) groups is 1. The topological polar surface area (TPSA) is 90.7 Å². The Kier molecular flexibility index (Phi) is 5.15. The molecule has 0 saturated heterocycles. The minimum absolute atomic E-state index is 0.235. The van der Waals surface area contributed by atoms with Gasteiger partial charge in [-0.05, 0) is 24.3 Å². The lowest BCUT2D eigenvalue weighted by atomic mass is 10.2. The molecule has 2 aromatic carbocycles. The minimum Gasteiger partial charge on any atom is -0.350 e. The van der Waals surface area contributed by atoms with Crippen LogP contribution in [0.3, 0.4) is 0 Å². The van der Waals surface area contributed by atoms with Gasteiger partial charge in [-0.1, -0.05) is 24.3 Å². The summed E-state index contributed by atoms with van der Waals surface area (Å²) in [5, 5.41) is 14.5. The van der Waals surface area contributed by atoms with Gasteiger partial charge in [-0.25, -0.2) is 14.4 Å². The minimum atomic E-state index is -0.388. The fraction of sp³-hybridized carbons (Fsp3) is 0.0526. The molecule has 0 radical (unpaired) electrons. The van der Waals surface area contributed by atoms with Crippen molar-refractivity contribution in [3.05, 3.63) is 83.4 Å². The highest BCUT2D eigenvalue weighted by Crippen LogP contribution is 2.12. The summed E-state index contributed by atoms with van der Waals surface area (Å²) >= 11 is 0. The molecule has 0 atom stereocenters. The van der Waals surface area contributed by atoms with Gasteiger partial charge in [0.2, 0.25) is 5.95 Å². The van der Waals surface area contributed by atoms with Crippen molar-refractivity contribution in [3.8, 4) is 6.07 Å². The van der Waals surface area contributed by atoms with E-state index in [0.29, 0.717) is 16.8 Å². The number of anilines is 2. The normalized spacial score (nSPS) is 10.0. The molecule has 0 unspecified atom stereocenters. The lowest BCUT2D eigenvalue weighted by Gasteiger charge is -2.07. The third-order valence-electron chi connectivity index (χ3n) is 3.56. The number of amides is 1. The summed E-state index contributed by atoms with van der Waals surface area (Å²) in [4.78, 5) is 20.3. The Morgan fingerprint density at radius 2 is 1.88 bits per heavy atom. The van der Waals surface area contributed by atoms with Crippen molar-refractivity contribution in [3.63, 3.8) is 0 Å². The van der Waals surface area contributed by atoms with Crippen LogP contribution >= 0.6 is 0 Å². The van der Waals surface area contributed by atoms with Gasteiger partial charge in [0.15, 0.2) is 0 Å². The third kappa shape index (κ3) is 4.19. The average molecular weight is 347 g/mol. The SMILES string of the molecule is N#Cc1cccc(NC(=O)c2cnc(NCc3ccccc3F)nc2)c1. The Hall–Kier alpha value is -3.79. The van der Waals surface area contributed by atoms with Crippen LogP contribution in [0, 0.1) is 17.1 Å². The van der Waals surface area contributed by atoms with Gasteiger partial charge in [0.1, 0.15) is 5.82 Å². The average Bonchev–Trinajstić information content (AvgIpc) is 2.68. The second-order valence-electron chi connectivity index (χ2n) is 5.39. The van der Waals surface area contributed by atoms with Gasteiger partial charge in [0, 0.05) is 30.2 Å². The smallest absolute Gasteiger partial charge is 0.258 e. The first-order valence-corrected chi connectivity index (χ1v) is 7.76. The lowest BCUT2D eigenvalue weighted by molar-refractivity contribution is 0.102. The Labute approximate surface area is 149 Å². The van der Waals surface area contributed by atoms with E-state index in [-0.39, 0.29) is 29.8 Å². The number of halogens is 1. The zero-order chi connectivity index (χ0) is 18.4. The maximum absolute atomic E-state index is 13.6. The molecule has 2 N–H and O–H groups in total. The van der Waals surface area contributed by atoms with E-state index in [1.165, 1.54) is 18.5 Å². The summed E-state index contributed by atoms with van der Waals surface area (Å²) in [7, 11) is 0. The van der Waals surface area contributed by atoms with E-state index in [1.54, 1.807) is 42.5 Å². The number of hydrogen-bond donors (Lipinski definition) is 2. The monoisotopic (exact) mass is 347 g/mol. The van der Waals surface area contributed by atoms with E-state index >= 15 is 0 Å². The van der Waals surface area contributed by atoms with Crippen LogP contribution in [0.4, 0.5) is 16.0 Å². The summed E-state index contributed by atoms with van der Waals surface area (Å²) in [5.74, 6) is -0.410. The summed E-state index contributed by atoms with van der Waals surface area (Å²) in [6.07, 6.45) is 2.75. The number of carbonyl (C=O) groups excluding carboxylic acids is 1. The largest absolute Gasteiger partial charge is 0.350 e. The quantitative estimate of drug-likeness (QED) is 0.738. The van der Waals surface area contributed by atoms with Gasteiger partial charge in [-0.3, -0.25) is 4.79 Å². The van der Waals surface area contributed by atoms with E-state index in [9.17, 15) is 9.18 Å². The van der Waals surface area contributed by atoms with Crippen molar-refractivity contribution < 1.29 is 9.18 Å². The molecule has 7 heteroatoms. The molecule has 0 fully saturated rings. The highest BCUT2D eigenvalue weighted by molar-refractivity contribution is 6.03. The number of rotatable bonds is 5. The molecule has 3 aromatic rings. The van der Waals surface area contributed by atoms with Gasteiger partial charge in [-0.15, -0.1) is 0 Å². The van der Waals surface area contributed by atoms with Crippen LogP contribution in [0.2, 0.25) is 0 Å². The number of benzene rings is 2. The molecule has 0 aliphatic carbocycles. The molecule has 0 bridgehead atoms. The van der Waals surface area contributed by atoms with Crippen LogP contribution in [-0.2, 0) is 6.54 Å². The summed E-state index contributed by atoms with van der Waals surface area (Å²) in [6, 6.07) is 15.0. The second-order valence-corrected chi connectivity index (χ2v) is 5.39. The molecule has 1 aromatic heterocycles. The Morgan fingerprint density at radius 1 is 1.12 bits per heavy atom. The molecule has 1 amide bonds. The van der Waals surface area contributed by atoms with E-state index in [0.717, 1.165) is 0 Å². The van der Waals surface area contributed by atoms with Crippen molar-refractivity contribution in [2.45, 2.75) is 6.54 Å². The highest BCUT2D eigenvalue weighted by atomic mass is 19.1. The van der Waals surface area contributed by atoms with Gasteiger partial charge in [-0.2, -0.15) is 5.26 Å². The molecule has 0 aliphatic heterocycles. The van der Waals surface area contributed by atoms with E-state index in [4.69, 9.17) is 5.26 Å². The van der Waals surface area contributed by atoms with Crippen molar-refractivity contribution in [1.82, 2.24) is 9.97 Å².